The number of anilines is 1. The van der Waals surface area contributed by atoms with Crippen LogP contribution in [0.15, 0.2) is 47.4 Å². The zero-order valence-electron chi connectivity index (χ0n) is 16.4. The zero-order chi connectivity index (χ0) is 19.7. The van der Waals surface area contributed by atoms with Crippen LogP contribution < -0.4 is 4.90 Å². The number of rotatable bonds is 5. The van der Waals surface area contributed by atoms with Crippen LogP contribution in [0.5, 0.6) is 0 Å². The fourth-order valence-corrected chi connectivity index (χ4v) is 5.09. The maximum absolute atomic E-state index is 13.0. The second kappa shape index (κ2) is 7.56. The molecule has 0 saturated carbocycles. The van der Waals surface area contributed by atoms with E-state index >= 15 is 0 Å². The molecule has 4 rings (SSSR count). The highest BCUT2D eigenvalue weighted by atomic mass is 32.2. The maximum Gasteiger partial charge on any atom is 0.243 e. The molecule has 1 N–H and O–H groups in total. The van der Waals surface area contributed by atoms with Gasteiger partial charge in [0.25, 0.3) is 0 Å². The van der Waals surface area contributed by atoms with Gasteiger partial charge in [0.2, 0.25) is 16.0 Å². The first-order chi connectivity index (χ1) is 13.5. The lowest BCUT2D eigenvalue weighted by molar-refractivity contribution is 0.383. The van der Waals surface area contributed by atoms with E-state index in [-0.39, 0.29) is 0 Å². The first kappa shape index (κ1) is 19.0. The molecule has 148 valence electrons. The van der Waals surface area contributed by atoms with Crippen molar-refractivity contribution in [1.82, 2.24) is 14.3 Å². The topological polar surface area (TPSA) is 69.3 Å². The van der Waals surface area contributed by atoms with Gasteiger partial charge in [-0.3, -0.25) is 0 Å². The summed E-state index contributed by atoms with van der Waals surface area (Å²) in [4.78, 5) is 10.5. The molecule has 0 spiro atoms. The van der Waals surface area contributed by atoms with E-state index in [4.69, 9.17) is 0 Å². The van der Waals surface area contributed by atoms with Crippen LogP contribution >= 0.6 is 0 Å². The van der Waals surface area contributed by atoms with Gasteiger partial charge in [0.1, 0.15) is 0 Å². The number of aromatic nitrogens is 2. The lowest BCUT2D eigenvalue weighted by Gasteiger charge is -2.33. The SMILES string of the molecule is CCCc1ccc(S(=O)(=O)N2CCN(c3nc4ccc(C)cc4[nH]3)CC2)cc1. The monoisotopic (exact) mass is 398 g/mol. The van der Waals surface area contributed by atoms with Crippen LogP contribution in [0, 0.1) is 6.92 Å². The molecule has 0 aliphatic carbocycles. The molecule has 6 nitrogen and oxygen atoms in total. The molecule has 1 aliphatic heterocycles. The van der Waals surface area contributed by atoms with Crippen molar-refractivity contribution >= 4 is 27.0 Å². The summed E-state index contributed by atoms with van der Waals surface area (Å²) in [6.45, 7) is 6.31. The van der Waals surface area contributed by atoms with Crippen molar-refractivity contribution in [1.29, 1.82) is 0 Å². The molecule has 0 atom stereocenters. The molecule has 28 heavy (non-hydrogen) atoms. The molecule has 2 heterocycles. The average Bonchev–Trinajstić information content (AvgIpc) is 3.12. The van der Waals surface area contributed by atoms with Crippen molar-refractivity contribution < 1.29 is 8.42 Å². The van der Waals surface area contributed by atoms with E-state index in [1.807, 2.05) is 24.3 Å². The molecule has 1 aromatic heterocycles. The molecule has 1 aliphatic rings. The van der Waals surface area contributed by atoms with Crippen molar-refractivity contribution in [3.63, 3.8) is 0 Å². The third-order valence-electron chi connectivity index (χ3n) is 5.26. The van der Waals surface area contributed by atoms with Crippen molar-refractivity contribution in [2.75, 3.05) is 31.1 Å². The van der Waals surface area contributed by atoms with Gasteiger partial charge in [0.15, 0.2) is 0 Å². The summed E-state index contributed by atoms with van der Waals surface area (Å²) in [6.07, 6.45) is 2.02. The molecule has 0 unspecified atom stereocenters. The number of benzene rings is 2. The Morgan fingerprint density at radius 3 is 2.43 bits per heavy atom. The summed E-state index contributed by atoms with van der Waals surface area (Å²) in [7, 11) is -3.45. The van der Waals surface area contributed by atoms with Gasteiger partial charge in [-0.25, -0.2) is 13.4 Å². The highest BCUT2D eigenvalue weighted by Crippen LogP contribution is 2.23. The number of sulfonamides is 1. The van der Waals surface area contributed by atoms with Crippen LogP contribution in [-0.2, 0) is 16.4 Å². The highest BCUT2D eigenvalue weighted by molar-refractivity contribution is 7.89. The lowest BCUT2D eigenvalue weighted by Crippen LogP contribution is -2.49. The van der Waals surface area contributed by atoms with Crippen molar-refractivity contribution in [2.45, 2.75) is 31.6 Å². The van der Waals surface area contributed by atoms with E-state index in [9.17, 15) is 8.42 Å². The minimum atomic E-state index is -3.45. The number of aryl methyl sites for hydroxylation is 2. The normalized spacial score (nSPS) is 16.0. The number of hydrogen-bond donors (Lipinski definition) is 1. The van der Waals surface area contributed by atoms with Crippen LogP contribution in [0.4, 0.5) is 5.95 Å². The number of hydrogen-bond acceptors (Lipinski definition) is 4. The van der Waals surface area contributed by atoms with E-state index in [1.165, 1.54) is 11.1 Å². The summed E-state index contributed by atoms with van der Waals surface area (Å²) in [5.74, 6) is 0.807. The standard InChI is InChI=1S/C21H26N4O2S/c1-3-4-17-6-8-18(9-7-17)28(26,27)25-13-11-24(12-14-25)21-22-19-10-5-16(2)15-20(19)23-21/h5-10,15H,3-4,11-14H2,1-2H3,(H,22,23). The second-order valence-electron chi connectivity index (χ2n) is 7.37. The van der Waals surface area contributed by atoms with Crippen molar-refractivity contribution in [2.24, 2.45) is 0 Å². The number of nitrogens with zero attached hydrogens (tertiary/aromatic N) is 3. The van der Waals surface area contributed by atoms with Gasteiger partial charge in [0.05, 0.1) is 15.9 Å². The molecule has 0 bridgehead atoms. The molecule has 3 aromatic rings. The Hall–Kier alpha value is -2.38. The largest absolute Gasteiger partial charge is 0.340 e. The maximum atomic E-state index is 13.0. The summed E-state index contributed by atoms with van der Waals surface area (Å²) >= 11 is 0. The predicted molar refractivity (Wildman–Crippen MR) is 112 cm³/mol. The third-order valence-corrected chi connectivity index (χ3v) is 7.18. The fourth-order valence-electron chi connectivity index (χ4n) is 3.67. The Morgan fingerprint density at radius 1 is 1.04 bits per heavy atom. The minimum Gasteiger partial charge on any atom is -0.340 e. The van der Waals surface area contributed by atoms with E-state index < -0.39 is 10.0 Å². The van der Waals surface area contributed by atoms with E-state index in [1.54, 1.807) is 16.4 Å². The Kier molecular flexibility index (Phi) is 5.12. The predicted octanol–water partition coefficient (Wildman–Crippen LogP) is 3.33. The van der Waals surface area contributed by atoms with Crippen LogP contribution in [0.2, 0.25) is 0 Å². The van der Waals surface area contributed by atoms with Gasteiger partial charge in [-0.2, -0.15) is 4.31 Å². The van der Waals surface area contributed by atoms with Crippen LogP contribution in [0.3, 0.4) is 0 Å². The molecule has 1 fully saturated rings. The third kappa shape index (κ3) is 3.64. The fraction of sp³-hybridized carbons (Fsp3) is 0.381. The van der Waals surface area contributed by atoms with Crippen molar-refractivity contribution in [3.05, 3.63) is 53.6 Å². The van der Waals surface area contributed by atoms with Gasteiger partial charge >= 0.3 is 0 Å². The van der Waals surface area contributed by atoms with Crippen LogP contribution in [-0.4, -0.2) is 48.9 Å². The Bertz CT molecular complexity index is 1070. The van der Waals surface area contributed by atoms with E-state index in [2.05, 4.69) is 34.8 Å². The molecule has 0 radical (unpaired) electrons. The molecular weight excluding hydrogens is 372 g/mol. The van der Waals surface area contributed by atoms with E-state index in [0.29, 0.717) is 31.1 Å². The van der Waals surface area contributed by atoms with Gasteiger partial charge < -0.3 is 9.88 Å². The summed E-state index contributed by atoms with van der Waals surface area (Å²) < 4.78 is 27.5. The molecule has 7 heteroatoms. The van der Waals surface area contributed by atoms with Gasteiger partial charge in [-0.1, -0.05) is 31.5 Å². The van der Waals surface area contributed by atoms with Crippen molar-refractivity contribution in [3.8, 4) is 0 Å². The number of imidazole rings is 1. The van der Waals surface area contributed by atoms with E-state index in [0.717, 1.165) is 29.8 Å². The first-order valence-electron chi connectivity index (χ1n) is 9.78. The zero-order valence-corrected chi connectivity index (χ0v) is 17.2. The smallest absolute Gasteiger partial charge is 0.243 e. The highest BCUT2D eigenvalue weighted by Gasteiger charge is 2.29. The van der Waals surface area contributed by atoms with Crippen LogP contribution in [0.25, 0.3) is 11.0 Å². The van der Waals surface area contributed by atoms with Gasteiger partial charge in [0, 0.05) is 26.2 Å². The lowest BCUT2D eigenvalue weighted by atomic mass is 10.1. The number of H-pyrrole nitrogens is 1. The molecule has 1 saturated heterocycles. The molecule has 2 aromatic carbocycles. The quantitative estimate of drug-likeness (QED) is 0.716. The number of piperazine rings is 1. The summed E-state index contributed by atoms with van der Waals surface area (Å²) in [5.41, 5.74) is 4.30. The second-order valence-corrected chi connectivity index (χ2v) is 9.30. The Labute approximate surface area is 166 Å². The summed E-state index contributed by atoms with van der Waals surface area (Å²) in [5, 5.41) is 0. The molecular formula is C21H26N4O2S. The molecule has 0 amide bonds. The number of aromatic amines is 1. The van der Waals surface area contributed by atoms with Gasteiger partial charge in [-0.15, -0.1) is 0 Å². The Balaban J connectivity index is 1.46. The number of fused-ring (bicyclic) bond motifs is 1. The number of nitrogens with one attached hydrogen (secondary N) is 1. The average molecular weight is 399 g/mol. The summed E-state index contributed by atoms with van der Waals surface area (Å²) in [6, 6.07) is 13.4. The van der Waals surface area contributed by atoms with Crippen LogP contribution in [0.1, 0.15) is 24.5 Å². The Morgan fingerprint density at radius 2 is 1.75 bits per heavy atom. The minimum absolute atomic E-state index is 0.375. The van der Waals surface area contributed by atoms with Gasteiger partial charge in [-0.05, 0) is 48.7 Å². The first-order valence-corrected chi connectivity index (χ1v) is 11.2.